The second-order valence-corrected chi connectivity index (χ2v) is 7.39. The second kappa shape index (κ2) is 6.43. The fraction of sp³-hybridized carbons (Fsp3) is 0.312. The molecule has 0 fully saturated rings. The third-order valence-electron chi connectivity index (χ3n) is 3.91. The van der Waals surface area contributed by atoms with Gasteiger partial charge in [-0.1, -0.05) is 24.3 Å². The van der Waals surface area contributed by atoms with E-state index in [1.807, 2.05) is 18.9 Å². The van der Waals surface area contributed by atoms with E-state index in [-0.39, 0.29) is 6.42 Å². The Kier molecular flexibility index (Phi) is 4.89. The normalized spacial score (nSPS) is 22.7. The summed E-state index contributed by atoms with van der Waals surface area (Å²) in [5.41, 5.74) is -5.36. The number of benzene rings is 1. The number of halogens is 3. The van der Waals surface area contributed by atoms with Crippen molar-refractivity contribution < 1.29 is 31.1 Å². The maximum absolute atomic E-state index is 12.7. The van der Waals surface area contributed by atoms with Crippen LogP contribution in [0.5, 0.6) is 5.75 Å². The zero-order chi connectivity index (χ0) is 18.0. The van der Waals surface area contributed by atoms with Gasteiger partial charge in [0.25, 0.3) is 9.84 Å². The summed E-state index contributed by atoms with van der Waals surface area (Å²) in [5, 5.41) is 0. The van der Waals surface area contributed by atoms with Crippen LogP contribution in [0.1, 0.15) is 18.4 Å². The number of sulfone groups is 1. The fourth-order valence-corrected chi connectivity index (χ4v) is 3.73. The maximum Gasteiger partial charge on any atom is 0.501 e. The molecule has 2 aliphatic rings. The number of ether oxygens (including phenoxy) is 1. The number of para-hydroxylation sites is 1. The molecule has 4 nitrogen and oxygen atoms in total. The zero-order valence-electron chi connectivity index (χ0n) is 12.5. The van der Waals surface area contributed by atoms with Crippen molar-refractivity contribution in [3.8, 4) is 5.75 Å². The number of fused-ring (bicyclic) bond motifs is 1. The van der Waals surface area contributed by atoms with Gasteiger partial charge in [-0.2, -0.15) is 13.2 Å². The van der Waals surface area contributed by atoms with Crippen LogP contribution < -0.4 is 4.74 Å². The quantitative estimate of drug-likeness (QED) is 0.771. The van der Waals surface area contributed by atoms with Crippen molar-refractivity contribution in [2.75, 3.05) is 0 Å². The van der Waals surface area contributed by atoms with Crippen LogP contribution >= 0.6 is 0 Å². The molecule has 0 bridgehead atoms. The van der Waals surface area contributed by atoms with E-state index in [9.17, 15) is 21.6 Å². The summed E-state index contributed by atoms with van der Waals surface area (Å²) in [7, 11) is -5.32. The third-order valence-corrected chi connectivity index (χ3v) is 5.49. The second-order valence-electron chi connectivity index (χ2n) is 5.39. The summed E-state index contributed by atoms with van der Waals surface area (Å²) in [6.45, 7) is 2.00. The predicted molar refractivity (Wildman–Crippen MR) is 82.1 cm³/mol. The molecular formula is C16H15F3O4S. The molecule has 0 radical (unpaired) electrons. The number of carbonyl (C=O) groups excluding carboxylic acids is 1. The van der Waals surface area contributed by atoms with E-state index in [0.717, 1.165) is 11.6 Å². The van der Waals surface area contributed by atoms with Crippen LogP contribution in [0.15, 0.2) is 47.4 Å². The van der Waals surface area contributed by atoms with Crippen LogP contribution in [0.4, 0.5) is 13.2 Å². The zero-order valence-corrected chi connectivity index (χ0v) is 13.4. The number of alkyl halides is 3. The van der Waals surface area contributed by atoms with E-state index in [0.29, 0.717) is 18.6 Å². The summed E-state index contributed by atoms with van der Waals surface area (Å²) in [6, 6.07) is 7.25. The number of aryl methyl sites for hydroxylation is 1. The van der Waals surface area contributed by atoms with E-state index < -0.39 is 25.9 Å². The van der Waals surface area contributed by atoms with Crippen LogP contribution in [0.25, 0.3) is 0 Å². The molecule has 1 heterocycles. The molecule has 1 spiro atoms. The molecule has 24 heavy (non-hydrogen) atoms. The van der Waals surface area contributed by atoms with Gasteiger partial charge in [0, 0.05) is 6.42 Å². The standard InChI is InChI=1S/C15H13F3O3S.CH2O/c16-15(17,18)22(19,20)12-5-3-8-14(10-12)9-7-11-4-1-2-6-13(11)21-14;1-2/h1-6,8H,7,9-10H2;1H2. The topological polar surface area (TPSA) is 60.4 Å². The SMILES string of the molecule is C=O.O=S(=O)(C1=CC=CC2(CCc3ccccc3O2)C1)C(F)(F)F. The van der Waals surface area contributed by atoms with Gasteiger partial charge in [-0.05, 0) is 36.6 Å². The Balaban J connectivity index is 0.00000100. The minimum absolute atomic E-state index is 0.306. The molecule has 1 aliphatic heterocycles. The van der Waals surface area contributed by atoms with Crippen LogP contribution in [0.3, 0.4) is 0 Å². The fourth-order valence-electron chi connectivity index (χ4n) is 2.74. The number of carbonyl (C=O) groups is 1. The molecule has 1 aromatic carbocycles. The highest BCUT2D eigenvalue weighted by Gasteiger charge is 2.50. The Morgan fingerprint density at radius 1 is 1.17 bits per heavy atom. The number of hydrogen-bond donors (Lipinski definition) is 0. The van der Waals surface area contributed by atoms with E-state index >= 15 is 0 Å². The van der Waals surface area contributed by atoms with Crippen molar-refractivity contribution >= 4 is 16.6 Å². The van der Waals surface area contributed by atoms with Crippen molar-refractivity contribution in [2.45, 2.75) is 30.4 Å². The van der Waals surface area contributed by atoms with Crippen LogP contribution in [0.2, 0.25) is 0 Å². The van der Waals surface area contributed by atoms with Gasteiger partial charge in [-0.25, -0.2) is 8.42 Å². The number of hydrogen-bond acceptors (Lipinski definition) is 4. The Bertz CT molecular complexity index is 781. The Morgan fingerprint density at radius 2 is 1.83 bits per heavy atom. The van der Waals surface area contributed by atoms with Gasteiger partial charge in [-0.15, -0.1) is 0 Å². The Hall–Kier alpha value is -2.09. The molecule has 3 rings (SSSR count). The highest BCUT2D eigenvalue weighted by molar-refractivity contribution is 7.96. The van der Waals surface area contributed by atoms with Crippen LogP contribution in [-0.2, 0) is 21.1 Å². The van der Waals surface area contributed by atoms with Crippen molar-refractivity contribution in [1.82, 2.24) is 0 Å². The van der Waals surface area contributed by atoms with Crippen molar-refractivity contribution in [2.24, 2.45) is 0 Å². The van der Waals surface area contributed by atoms with Crippen molar-refractivity contribution in [3.63, 3.8) is 0 Å². The summed E-state index contributed by atoms with van der Waals surface area (Å²) >= 11 is 0. The molecule has 130 valence electrons. The minimum atomic E-state index is -5.32. The minimum Gasteiger partial charge on any atom is -0.483 e. The molecule has 1 atom stereocenters. The molecule has 0 aromatic heterocycles. The largest absolute Gasteiger partial charge is 0.501 e. The lowest BCUT2D eigenvalue weighted by atomic mass is 9.86. The van der Waals surface area contributed by atoms with Gasteiger partial charge in [0.15, 0.2) is 0 Å². The first-order chi connectivity index (χ1) is 11.2. The molecule has 1 aliphatic carbocycles. The summed E-state index contributed by atoms with van der Waals surface area (Å²) < 4.78 is 67.2. The van der Waals surface area contributed by atoms with Gasteiger partial charge in [0.2, 0.25) is 0 Å². The monoisotopic (exact) mass is 360 g/mol. The van der Waals surface area contributed by atoms with Gasteiger partial charge in [0.05, 0.1) is 4.91 Å². The van der Waals surface area contributed by atoms with Crippen molar-refractivity contribution in [3.05, 3.63) is 53.0 Å². The molecule has 0 saturated carbocycles. The van der Waals surface area contributed by atoms with Gasteiger partial charge in [0.1, 0.15) is 18.1 Å². The van der Waals surface area contributed by atoms with Crippen molar-refractivity contribution in [1.29, 1.82) is 0 Å². The lowest BCUT2D eigenvalue weighted by Gasteiger charge is -2.38. The summed E-state index contributed by atoms with van der Waals surface area (Å²) in [6.07, 6.45) is 4.72. The van der Waals surface area contributed by atoms with Crippen LogP contribution in [0, 0.1) is 0 Å². The molecule has 0 amide bonds. The molecule has 0 saturated heterocycles. The smallest absolute Gasteiger partial charge is 0.483 e. The lowest BCUT2D eigenvalue weighted by Crippen LogP contribution is -2.41. The summed E-state index contributed by atoms with van der Waals surface area (Å²) in [4.78, 5) is 7.35. The maximum atomic E-state index is 12.7. The van der Waals surface area contributed by atoms with E-state index in [2.05, 4.69) is 0 Å². The first-order valence-corrected chi connectivity index (χ1v) is 8.47. The average Bonchev–Trinajstić information content (AvgIpc) is 2.55. The van der Waals surface area contributed by atoms with Gasteiger partial charge >= 0.3 is 5.51 Å². The lowest BCUT2D eigenvalue weighted by molar-refractivity contribution is -0.0980. The number of allylic oxidation sites excluding steroid dienone is 2. The number of rotatable bonds is 1. The Morgan fingerprint density at radius 3 is 2.50 bits per heavy atom. The molecule has 1 unspecified atom stereocenters. The van der Waals surface area contributed by atoms with Crippen LogP contribution in [-0.4, -0.2) is 26.3 Å². The van der Waals surface area contributed by atoms with E-state index in [4.69, 9.17) is 9.53 Å². The molecule has 1 aromatic rings. The average molecular weight is 360 g/mol. The van der Waals surface area contributed by atoms with Gasteiger partial charge < -0.3 is 9.53 Å². The first-order valence-electron chi connectivity index (χ1n) is 6.99. The molecule has 0 N–H and O–H groups in total. The first kappa shape index (κ1) is 18.3. The summed E-state index contributed by atoms with van der Waals surface area (Å²) in [5.74, 6) is 0.587. The third kappa shape index (κ3) is 3.24. The predicted octanol–water partition coefficient (Wildman–Crippen LogP) is 3.34. The van der Waals surface area contributed by atoms with E-state index in [1.165, 1.54) is 6.08 Å². The molecular weight excluding hydrogens is 345 g/mol. The molecule has 8 heteroatoms. The Labute approximate surface area is 137 Å². The van der Waals surface area contributed by atoms with E-state index in [1.54, 1.807) is 18.2 Å². The highest BCUT2D eigenvalue weighted by Crippen LogP contribution is 2.42. The highest BCUT2D eigenvalue weighted by atomic mass is 32.2. The van der Waals surface area contributed by atoms with Gasteiger partial charge in [-0.3, -0.25) is 0 Å².